The van der Waals surface area contributed by atoms with Crippen LogP contribution in [0.3, 0.4) is 0 Å². The van der Waals surface area contributed by atoms with Crippen molar-refractivity contribution in [2.24, 2.45) is 0 Å². The van der Waals surface area contributed by atoms with Crippen LogP contribution in [-0.2, 0) is 14.3 Å². The maximum absolute atomic E-state index is 11.7. The molecule has 1 aliphatic heterocycles. The Bertz CT molecular complexity index is 304. The summed E-state index contributed by atoms with van der Waals surface area (Å²) in [4.78, 5) is 24.5. The first-order valence-corrected chi connectivity index (χ1v) is 4.52. The molecule has 1 aliphatic rings. The Morgan fingerprint density at radius 2 is 2.07 bits per heavy atom. The van der Waals surface area contributed by atoms with Crippen LogP contribution in [0, 0.1) is 0 Å². The Balaban J connectivity index is 3.08. The number of hydrogen-bond donors (Lipinski definition) is 0. The van der Waals surface area contributed by atoms with Gasteiger partial charge < -0.3 is 9.64 Å². The van der Waals surface area contributed by atoms with Crippen molar-refractivity contribution >= 4 is 11.7 Å². The molecule has 0 bridgehead atoms. The van der Waals surface area contributed by atoms with Gasteiger partial charge in [0.1, 0.15) is 6.61 Å². The van der Waals surface area contributed by atoms with Crippen LogP contribution >= 0.6 is 0 Å². The largest absolute Gasteiger partial charge is 0.366 e. The lowest BCUT2D eigenvalue weighted by Gasteiger charge is -2.24. The second kappa shape index (κ2) is 3.92. The molecule has 1 atom stereocenters. The van der Waals surface area contributed by atoms with Gasteiger partial charge in [0.15, 0.2) is 5.78 Å². The van der Waals surface area contributed by atoms with Crippen LogP contribution in [0.25, 0.3) is 0 Å². The number of hydrogen-bond acceptors (Lipinski definition) is 3. The minimum Gasteiger partial charge on any atom is -0.366 e. The van der Waals surface area contributed by atoms with E-state index in [1.165, 1.54) is 4.90 Å². The van der Waals surface area contributed by atoms with Gasteiger partial charge in [-0.05, 0) is 19.4 Å². The van der Waals surface area contributed by atoms with Crippen molar-refractivity contribution in [3.05, 3.63) is 11.1 Å². The molecule has 0 aromatic carbocycles. The van der Waals surface area contributed by atoms with E-state index in [1.54, 1.807) is 21.0 Å². The highest BCUT2D eigenvalue weighted by Crippen LogP contribution is 2.19. The maximum atomic E-state index is 11.7. The molecule has 0 spiro atoms. The van der Waals surface area contributed by atoms with Crippen molar-refractivity contribution in [2.75, 3.05) is 20.7 Å². The highest BCUT2D eigenvalue weighted by molar-refractivity contribution is 6.20. The summed E-state index contributed by atoms with van der Waals surface area (Å²) >= 11 is 0. The quantitative estimate of drug-likeness (QED) is 0.571. The van der Waals surface area contributed by atoms with Crippen LogP contribution < -0.4 is 0 Å². The molecule has 0 saturated carbocycles. The molecular formula is C10H15NO3. The summed E-state index contributed by atoms with van der Waals surface area (Å²) < 4.78 is 5.18. The number of likely N-dealkylation sites (N-methyl/N-ethyl adjacent to an activating group) is 1. The minimum atomic E-state index is -0.234. The van der Waals surface area contributed by atoms with Crippen LogP contribution in [0.4, 0.5) is 0 Å². The number of carbonyl (C=O) groups excluding carboxylic acids is 2. The third-order valence-corrected chi connectivity index (χ3v) is 2.37. The second-order valence-electron chi connectivity index (χ2n) is 3.63. The van der Waals surface area contributed by atoms with Crippen molar-refractivity contribution in [2.45, 2.75) is 20.0 Å². The zero-order valence-corrected chi connectivity index (χ0v) is 8.96. The maximum Gasteiger partial charge on any atom is 0.257 e. The second-order valence-corrected chi connectivity index (χ2v) is 3.63. The molecule has 14 heavy (non-hydrogen) atoms. The van der Waals surface area contributed by atoms with Gasteiger partial charge >= 0.3 is 0 Å². The molecule has 4 nitrogen and oxygen atoms in total. The number of ether oxygens (including phenoxy) is 1. The zero-order chi connectivity index (χ0) is 10.9. The van der Waals surface area contributed by atoms with Gasteiger partial charge in [0.05, 0.1) is 11.7 Å². The summed E-state index contributed by atoms with van der Waals surface area (Å²) in [5.74, 6) is -0.457. The molecule has 1 unspecified atom stereocenters. The van der Waals surface area contributed by atoms with Crippen molar-refractivity contribution in [1.82, 2.24) is 4.90 Å². The first-order chi connectivity index (χ1) is 6.45. The molecule has 0 fully saturated rings. The lowest BCUT2D eigenvalue weighted by atomic mass is 9.98. The average Bonchev–Trinajstić information content (AvgIpc) is 2.12. The first kappa shape index (κ1) is 10.9. The summed E-state index contributed by atoms with van der Waals surface area (Å²) in [7, 11) is 3.27. The number of ketones is 1. The van der Waals surface area contributed by atoms with Crippen LogP contribution in [0.15, 0.2) is 11.1 Å². The van der Waals surface area contributed by atoms with Crippen LogP contribution in [0.1, 0.15) is 13.8 Å². The molecule has 0 aromatic heterocycles. The predicted octanol–water partition coefficient (Wildman–Crippen LogP) is 0.379. The van der Waals surface area contributed by atoms with E-state index in [-0.39, 0.29) is 30.0 Å². The van der Waals surface area contributed by atoms with Gasteiger partial charge in [-0.1, -0.05) is 0 Å². The molecule has 1 rings (SSSR count). The highest BCUT2D eigenvalue weighted by atomic mass is 16.5. The standard InChI is InChI=1S/C10H15NO3/c1-6-7(2)14-5-8(12)9(6)10(13)11(3)4/h7H,5H2,1-4H3. The summed E-state index contributed by atoms with van der Waals surface area (Å²) in [5.41, 5.74) is 1.01. The van der Waals surface area contributed by atoms with Crippen LogP contribution in [0.5, 0.6) is 0 Å². The molecule has 78 valence electrons. The fourth-order valence-corrected chi connectivity index (χ4v) is 1.33. The monoisotopic (exact) mass is 197 g/mol. The summed E-state index contributed by atoms with van der Waals surface area (Å²) in [6.07, 6.45) is -0.147. The van der Waals surface area contributed by atoms with Crippen LogP contribution in [0.2, 0.25) is 0 Å². The van der Waals surface area contributed by atoms with Crippen molar-refractivity contribution < 1.29 is 14.3 Å². The minimum absolute atomic E-state index is 0.00736. The Morgan fingerprint density at radius 1 is 1.50 bits per heavy atom. The van der Waals surface area contributed by atoms with E-state index >= 15 is 0 Å². The van der Waals surface area contributed by atoms with Gasteiger partial charge in [-0.3, -0.25) is 9.59 Å². The number of Topliss-reactive ketones (excluding diaryl/α,β-unsaturated/α-hetero) is 1. The highest BCUT2D eigenvalue weighted by Gasteiger charge is 2.29. The van der Waals surface area contributed by atoms with Crippen LogP contribution in [-0.4, -0.2) is 43.4 Å². The number of rotatable bonds is 1. The number of amides is 1. The fourth-order valence-electron chi connectivity index (χ4n) is 1.33. The van der Waals surface area contributed by atoms with E-state index in [0.717, 1.165) is 5.57 Å². The molecule has 0 aromatic rings. The Labute approximate surface area is 83.5 Å². The topological polar surface area (TPSA) is 46.6 Å². The Kier molecular flexibility index (Phi) is 3.06. The summed E-state index contributed by atoms with van der Waals surface area (Å²) in [5, 5.41) is 0. The van der Waals surface area contributed by atoms with E-state index in [0.29, 0.717) is 0 Å². The van der Waals surface area contributed by atoms with Crippen molar-refractivity contribution in [3.8, 4) is 0 Å². The molecular weight excluding hydrogens is 182 g/mol. The third-order valence-electron chi connectivity index (χ3n) is 2.37. The molecule has 0 N–H and O–H groups in total. The van der Waals surface area contributed by atoms with Gasteiger partial charge in [0.2, 0.25) is 0 Å². The molecule has 1 amide bonds. The lowest BCUT2D eigenvalue weighted by molar-refractivity contribution is -0.131. The van der Waals surface area contributed by atoms with Gasteiger partial charge in [0, 0.05) is 14.1 Å². The van der Waals surface area contributed by atoms with Crippen molar-refractivity contribution in [1.29, 1.82) is 0 Å². The van der Waals surface area contributed by atoms with Gasteiger partial charge in [-0.15, -0.1) is 0 Å². The molecule has 0 aliphatic carbocycles. The van der Waals surface area contributed by atoms with Crippen molar-refractivity contribution in [3.63, 3.8) is 0 Å². The Morgan fingerprint density at radius 3 is 2.57 bits per heavy atom. The van der Waals surface area contributed by atoms with E-state index in [9.17, 15) is 9.59 Å². The number of carbonyl (C=O) groups is 2. The SMILES string of the molecule is CC1=C(C(=O)N(C)C)C(=O)COC1C. The van der Waals surface area contributed by atoms with Gasteiger partial charge in [-0.25, -0.2) is 0 Å². The van der Waals surface area contributed by atoms with E-state index in [2.05, 4.69) is 0 Å². The van der Waals surface area contributed by atoms with Gasteiger partial charge in [-0.2, -0.15) is 0 Å². The van der Waals surface area contributed by atoms with Gasteiger partial charge in [0.25, 0.3) is 5.91 Å². The molecule has 0 radical (unpaired) electrons. The van der Waals surface area contributed by atoms with E-state index < -0.39 is 0 Å². The lowest BCUT2D eigenvalue weighted by Crippen LogP contribution is -2.35. The molecule has 1 heterocycles. The zero-order valence-electron chi connectivity index (χ0n) is 8.96. The summed E-state index contributed by atoms with van der Waals surface area (Å²) in [6.45, 7) is 3.61. The molecule has 0 saturated heterocycles. The smallest absolute Gasteiger partial charge is 0.257 e. The third kappa shape index (κ3) is 1.85. The van der Waals surface area contributed by atoms with E-state index in [4.69, 9.17) is 4.74 Å². The first-order valence-electron chi connectivity index (χ1n) is 4.52. The number of nitrogens with zero attached hydrogens (tertiary/aromatic N) is 1. The Hall–Kier alpha value is -1.16. The fraction of sp³-hybridized carbons (Fsp3) is 0.600. The van der Waals surface area contributed by atoms with E-state index in [1.807, 2.05) is 6.92 Å². The summed E-state index contributed by atoms with van der Waals surface area (Å²) in [6, 6.07) is 0. The predicted molar refractivity (Wildman–Crippen MR) is 51.8 cm³/mol. The average molecular weight is 197 g/mol. The normalized spacial score (nSPS) is 22.6. The molecule has 4 heteroatoms.